The highest BCUT2D eigenvalue weighted by molar-refractivity contribution is 6.30. The molecule has 7 nitrogen and oxygen atoms in total. The van der Waals surface area contributed by atoms with E-state index in [1.54, 1.807) is 29.2 Å². The van der Waals surface area contributed by atoms with Crippen molar-refractivity contribution in [3.63, 3.8) is 0 Å². The summed E-state index contributed by atoms with van der Waals surface area (Å²) in [7, 11) is 0. The summed E-state index contributed by atoms with van der Waals surface area (Å²) in [6.07, 6.45) is 6.25. The Bertz CT molecular complexity index is 1340. The SMILES string of the molecule is Cc1ccc(CN2C(=O)[C@H]3[C@H](C(=O)Nc4ccc(Cl)cc4)[C@H]4C=C[C@@]3(O4)[C@@H]2C(=O)N[C@@H]2CCC[C@@H](C)[C@H]2C)cc1. The van der Waals surface area contributed by atoms with Crippen LogP contribution in [0.2, 0.25) is 5.02 Å². The zero-order chi connectivity index (χ0) is 28.2. The first-order valence-electron chi connectivity index (χ1n) is 14.3. The van der Waals surface area contributed by atoms with Gasteiger partial charge in [0.2, 0.25) is 17.7 Å². The van der Waals surface area contributed by atoms with Crippen molar-refractivity contribution in [2.75, 3.05) is 5.32 Å². The van der Waals surface area contributed by atoms with Crippen LogP contribution >= 0.6 is 11.6 Å². The number of hydrogen-bond donors (Lipinski definition) is 2. The third-order valence-electron chi connectivity index (χ3n) is 9.54. The lowest BCUT2D eigenvalue weighted by Crippen LogP contribution is -2.57. The average molecular weight is 562 g/mol. The van der Waals surface area contributed by atoms with Crippen LogP contribution in [0.4, 0.5) is 5.69 Å². The molecule has 2 saturated heterocycles. The van der Waals surface area contributed by atoms with Gasteiger partial charge in [-0.1, -0.05) is 80.3 Å². The molecule has 0 unspecified atom stereocenters. The van der Waals surface area contributed by atoms with Crippen LogP contribution in [0.25, 0.3) is 0 Å². The monoisotopic (exact) mass is 561 g/mol. The van der Waals surface area contributed by atoms with E-state index in [4.69, 9.17) is 16.3 Å². The molecular weight excluding hydrogens is 526 g/mol. The van der Waals surface area contributed by atoms with E-state index < -0.39 is 29.6 Å². The molecule has 8 heteroatoms. The lowest BCUT2D eigenvalue weighted by atomic mass is 9.73. The molecule has 0 aromatic heterocycles. The second kappa shape index (κ2) is 10.3. The number of anilines is 1. The van der Waals surface area contributed by atoms with Gasteiger partial charge in [0.05, 0.1) is 17.9 Å². The maximum Gasteiger partial charge on any atom is 0.246 e. The topological polar surface area (TPSA) is 87.7 Å². The van der Waals surface area contributed by atoms with Crippen LogP contribution in [0.3, 0.4) is 0 Å². The van der Waals surface area contributed by atoms with Crippen LogP contribution in [0.15, 0.2) is 60.7 Å². The number of benzene rings is 2. The van der Waals surface area contributed by atoms with Gasteiger partial charge in [0.1, 0.15) is 11.6 Å². The Morgan fingerprint density at radius 1 is 1.05 bits per heavy atom. The second-order valence-corrected chi connectivity index (χ2v) is 12.5. The van der Waals surface area contributed by atoms with E-state index in [9.17, 15) is 14.4 Å². The highest BCUT2D eigenvalue weighted by Gasteiger charge is 2.72. The number of halogens is 1. The van der Waals surface area contributed by atoms with Crippen LogP contribution < -0.4 is 10.6 Å². The highest BCUT2D eigenvalue weighted by Crippen LogP contribution is 2.55. The first-order chi connectivity index (χ1) is 19.2. The number of aryl methyl sites for hydroxylation is 1. The van der Waals surface area contributed by atoms with E-state index in [0.29, 0.717) is 22.5 Å². The zero-order valence-corrected chi connectivity index (χ0v) is 23.9. The summed E-state index contributed by atoms with van der Waals surface area (Å²) in [4.78, 5) is 43.6. The summed E-state index contributed by atoms with van der Waals surface area (Å²) in [5, 5.41) is 6.81. The highest BCUT2D eigenvalue weighted by atomic mass is 35.5. The number of nitrogens with one attached hydrogen (secondary N) is 2. The van der Waals surface area contributed by atoms with Gasteiger partial charge in [-0.25, -0.2) is 0 Å². The van der Waals surface area contributed by atoms with Gasteiger partial charge in [-0.05, 0) is 55.0 Å². The number of carbonyl (C=O) groups excluding carboxylic acids is 3. The molecule has 2 N–H and O–H groups in total. The Balaban J connectivity index is 1.32. The number of carbonyl (C=O) groups is 3. The third kappa shape index (κ3) is 4.53. The fraction of sp³-hybridized carbons (Fsp3) is 0.469. The van der Waals surface area contributed by atoms with Crippen molar-refractivity contribution in [3.8, 4) is 0 Å². The normalized spacial score (nSPS) is 34.1. The summed E-state index contributed by atoms with van der Waals surface area (Å²) < 4.78 is 6.49. The van der Waals surface area contributed by atoms with Crippen LogP contribution in [-0.2, 0) is 25.7 Å². The van der Waals surface area contributed by atoms with Gasteiger partial charge in [0.25, 0.3) is 0 Å². The van der Waals surface area contributed by atoms with Crippen molar-refractivity contribution in [3.05, 3.63) is 76.8 Å². The average Bonchev–Trinajstić information content (AvgIpc) is 3.57. The van der Waals surface area contributed by atoms with Crippen molar-refractivity contribution in [2.45, 2.75) is 70.4 Å². The number of fused-ring (bicyclic) bond motifs is 1. The van der Waals surface area contributed by atoms with Gasteiger partial charge in [0.15, 0.2) is 0 Å². The number of amides is 3. The first kappa shape index (κ1) is 27.0. The Hall–Kier alpha value is -3.16. The molecule has 6 rings (SSSR count). The number of nitrogens with zero attached hydrogens (tertiary/aromatic N) is 1. The maximum absolute atomic E-state index is 14.2. The fourth-order valence-electron chi connectivity index (χ4n) is 7.13. The van der Waals surface area contributed by atoms with Crippen molar-refractivity contribution in [1.29, 1.82) is 0 Å². The molecule has 1 saturated carbocycles. The van der Waals surface area contributed by atoms with Gasteiger partial charge < -0.3 is 20.3 Å². The Morgan fingerprint density at radius 2 is 1.77 bits per heavy atom. The molecule has 40 heavy (non-hydrogen) atoms. The summed E-state index contributed by atoms with van der Waals surface area (Å²) in [6.45, 7) is 6.70. The molecule has 3 amide bonds. The molecule has 3 fully saturated rings. The lowest BCUT2D eigenvalue weighted by molar-refractivity contribution is -0.142. The Labute approximate surface area is 240 Å². The fourth-order valence-corrected chi connectivity index (χ4v) is 7.26. The van der Waals surface area contributed by atoms with Crippen LogP contribution in [0.5, 0.6) is 0 Å². The molecule has 2 aromatic rings. The van der Waals surface area contributed by atoms with Crippen molar-refractivity contribution in [1.82, 2.24) is 10.2 Å². The van der Waals surface area contributed by atoms with Gasteiger partial charge in [0, 0.05) is 23.3 Å². The smallest absolute Gasteiger partial charge is 0.246 e. The minimum atomic E-state index is -1.19. The van der Waals surface area contributed by atoms with Crippen LogP contribution in [0.1, 0.15) is 44.2 Å². The number of rotatable bonds is 6. The Morgan fingerprint density at radius 3 is 2.50 bits per heavy atom. The van der Waals surface area contributed by atoms with E-state index in [-0.39, 0.29) is 30.3 Å². The van der Waals surface area contributed by atoms with E-state index in [2.05, 4.69) is 24.5 Å². The predicted octanol–water partition coefficient (Wildman–Crippen LogP) is 4.88. The molecule has 4 aliphatic rings. The lowest BCUT2D eigenvalue weighted by Gasteiger charge is -2.38. The molecule has 3 heterocycles. The molecule has 0 radical (unpaired) electrons. The van der Waals surface area contributed by atoms with Crippen LogP contribution in [0, 0.1) is 30.6 Å². The first-order valence-corrected chi connectivity index (χ1v) is 14.7. The number of ether oxygens (including phenoxy) is 1. The molecular formula is C32H36ClN3O4. The van der Waals surface area contributed by atoms with E-state index in [0.717, 1.165) is 30.4 Å². The largest absolute Gasteiger partial charge is 0.359 e. The molecule has 210 valence electrons. The summed E-state index contributed by atoms with van der Waals surface area (Å²) in [6, 6.07) is 14.0. The van der Waals surface area contributed by atoms with E-state index >= 15 is 0 Å². The number of likely N-dealkylation sites (tertiary alicyclic amines) is 1. The third-order valence-corrected chi connectivity index (χ3v) is 9.80. The molecule has 2 bridgehead atoms. The quantitative estimate of drug-likeness (QED) is 0.492. The van der Waals surface area contributed by atoms with Gasteiger partial charge in [-0.15, -0.1) is 0 Å². The summed E-state index contributed by atoms with van der Waals surface area (Å²) in [5.41, 5.74) is 1.44. The maximum atomic E-state index is 14.2. The molecule has 3 aliphatic heterocycles. The standard InChI is InChI=1S/C32H36ClN3O4/c1-18-7-9-21(10-8-18)17-36-28(30(38)35-24-6-4-5-19(2)20(24)3)32-16-15-25(40-32)26(27(32)31(36)39)29(37)34-23-13-11-22(33)12-14-23/h7-16,19-20,24-28H,4-6,17H2,1-3H3,(H,34,37)(H,35,38)/t19-,20-,24-,25-,26-,27-,28+,32+/m1/s1. The van der Waals surface area contributed by atoms with Crippen molar-refractivity contribution < 1.29 is 19.1 Å². The Kier molecular flexibility index (Phi) is 6.99. The zero-order valence-electron chi connectivity index (χ0n) is 23.1. The minimum Gasteiger partial charge on any atom is -0.359 e. The van der Waals surface area contributed by atoms with Crippen LogP contribution in [-0.4, -0.2) is 46.4 Å². The summed E-state index contributed by atoms with van der Waals surface area (Å²) >= 11 is 6.01. The number of hydrogen-bond acceptors (Lipinski definition) is 4. The minimum absolute atomic E-state index is 0.0367. The van der Waals surface area contributed by atoms with E-state index in [1.807, 2.05) is 43.3 Å². The predicted molar refractivity (Wildman–Crippen MR) is 153 cm³/mol. The second-order valence-electron chi connectivity index (χ2n) is 12.0. The van der Waals surface area contributed by atoms with Gasteiger partial charge in [-0.3, -0.25) is 14.4 Å². The molecule has 2 aromatic carbocycles. The molecule has 8 atom stereocenters. The van der Waals surface area contributed by atoms with Gasteiger partial charge in [-0.2, -0.15) is 0 Å². The molecule has 1 spiro atoms. The summed E-state index contributed by atoms with van der Waals surface area (Å²) in [5.74, 6) is -1.44. The van der Waals surface area contributed by atoms with Crippen molar-refractivity contribution in [2.24, 2.45) is 23.7 Å². The molecule has 1 aliphatic carbocycles. The van der Waals surface area contributed by atoms with Gasteiger partial charge >= 0.3 is 0 Å². The van der Waals surface area contributed by atoms with E-state index in [1.165, 1.54) is 0 Å². The van der Waals surface area contributed by atoms with Crippen molar-refractivity contribution >= 4 is 35.0 Å².